The summed E-state index contributed by atoms with van der Waals surface area (Å²) in [6.07, 6.45) is 1.32. The predicted octanol–water partition coefficient (Wildman–Crippen LogP) is 3.24. The molecule has 4 rings (SSSR count). The largest absolute Gasteiger partial charge is 0.492 e. The fraction of sp³-hybridized carbons (Fsp3) is 0.500. The van der Waals surface area contributed by atoms with Crippen LogP contribution < -0.4 is 4.74 Å². The highest BCUT2D eigenvalue weighted by Gasteiger charge is 2.19. The quantitative estimate of drug-likeness (QED) is 0.773. The summed E-state index contributed by atoms with van der Waals surface area (Å²) in [5.74, 6) is 1.21. The molecule has 0 aliphatic carbocycles. The Morgan fingerprint density at radius 3 is 2.79 bits per heavy atom. The molecule has 0 spiro atoms. The summed E-state index contributed by atoms with van der Waals surface area (Å²) in [4.78, 5) is 18.2. The van der Waals surface area contributed by atoms with Crippen molar-refractivity contribution in [2.75, 3.05) is 39.5 Å². The topological polar surface area (TPSA) is 42.0 Å². The van der Waals surface area contributed by atoms with E-state index in [0.717, 1.165) is 31.8 Å². The average Bonchev–Trinajstić information content (AvgIpc) is 3.01. The number of nitrogens with zero attached hydrogens (tertiary/aromatic N) is 2. The molecule has 0 atom stereocenters. The minimum Gasteiger partial charge on any atom is -0.492 e. The van der Waals surface area contributed by atoms with Crippen molar-refractivity contribution in [3.05, 3.63) is 51.2 Å². The summed E-state index contributed by atoms with van der Waals surface area (Å²) in [7, 11) is 0. The Hall–Kier alpha value is -1.89. The number of hydrogen-bond acceptors (Lipinski definition) is 5. The van der Waals surface area contributed by atoms with Crippen molar-refractivity contribution in [1.82, 2.24) is 9.80 Å². The molecule has 1 amide bonds. The van der Waals surface area contributed by atoms with Gasteiger partial charge in [0.25, 0.3) is 0 Å². The summed E-state index contributed by atoms with van der Waals surface area (Å²) in [5, 5.41) is 2.16. The van der Waals surface area contributed by atoms with Crippen molar-refractivity contribution in [3.63, 3.8) is 0 Å². The van der Waals surface area contributed by atoms with Crippen molar-refractivity contribution >= 4 is 17.2 Å². The maximum atomic E-state index is 12.4. The first kappa shape index (κ1) is 19.4. The first-order valence-corrected chi connectivity index (χ1v) is 10.9. The number of rotatable bonds is 5. The van der Waals surface area contributed by atoms with E-state index in [1.807, 2.05) is 16.2 Å². The molecule has 150 valence electrons. The molecule has 28 heavy (non-hydrogen) atoms. The van der Waals surface area contributed by atoms with Crippen molar-refractivity contribution in [1.29, 1.82) is 0 Å². The molecule has 0 saturated carbocycles. The minimum absolute atomic E-state index is 0.226. The molecule has 6 heteroatoms. The predicted molar refractivity (Wildman–Crippen MR) is 111 cm³/mol. The molecule has 5 nitrogen and oxygen atoms in total. The van der Waals surface area contributed by atoms with Gasteiger partial charge >= 0.3 is 0 Å². The van der Waals surface area contributed by atoms with Gasteiger partial charge in [0.1, 0.15) is 12.4 Å². The van der Waals surface area contributed by atoms with Gasteiger partial charge in [-0.15, -0.1) is 11.3 Å². The smallest absolute Gasteiger partial charge is 0.223 e. The van der Waals surface area contributed by atoms with Crippen LogP contribution in [0.15, 0.2) is 29.6 Å². The molecule has 2 aliphatic heterocycles. The molecule has 3 heterocycles. The van der Waals surface area contributed by atoms with E-state index in [1.165, 1.54) is 21.6 Å². The van der Waals surface area contributed by atoms with E-state index in [2.05, 4.69) is 41.5 Å². The number of morpholine rings is 1. The number of amides is 1. The van der Waals surface area contributed by atoms with Crippen LogP contribution in [0.25, 0.3) is 0 Å². The van der Waals surface area contributed by atoms with Crippen LogP contribution in [0.2, 0.25) is 0 Å². The van der Waals surface area contributed by atoms with Gasteiger partial charge in [0, 0.05) is 49.6 Å². The van der Waals surface area contributed by atoms with Gasteiger partial charge in [-0.05, 0) is 42.0 Å². The van der Waals surface area contributed by atoms with Gasteiger partial charge in [0.2, 0.25) is 5.91 Å². The maximum absolute atomic E-state index is 12.4. The maximum Gasteiger partial charge on any atom is 0.223 e. The lowest BCUT2D eigenvalue weighted by molar-refractivity contribution is -0.135. The Bertz CT molecular complexity index is 814. The third kappa shape index (κ3) is 4.74. The minimum atomic E-state index is 0.226. The first-order chi connectivity index (χ1) is 13.7. The first-order valence-electron chi connectivity index (χ1n) is 10.0. The van der Waals surface area contributed by atoms with Crippen molar-refractivity contribution < 1.29 is 14.3 Å². The molecule has 0 bridgehead atoms. The van der Waals surface area contributed by atoms with Gasteiger partial charge in [-0.2, -0.15) is 0 Å². The molecule has 0 unspecified atom stereocenters. The Balaban J connectivity index is 1.39. The van der Waals surface area contributed by atoms with E-state index in [9.17, 15) is 4.79 Å². The van der Waals surface area contributed by atoms with Crippen LogP contribution in [0, 0.1) is 6.92 Å². The number of aryl methyl sites for hydroxylation is 2. The fourth-order valence-corrected chi connectivity index (χ4v) is 4.73. The molecule has 1 fully saturated rings. The van der Waals surface area contributed by atoms with E-state index in [4.69, 9.17) is 9.47 Å². The highest BCUT2D eigenvalue weighted by Crippen LogP contribution is 2.27. The zero-order chi connectivity index (χ0) is 19.3. The Labute approximate surface area is 170 Å². The molecule has 0 N–H and O–H groups in total. The average molecular weight is 401 g/mol. The second-order valence-electron chi connectivity index (χ2n) is 7.52. The van der Waals surface area contributed by atoms with Gasteiger partial charge in [-0.3, -0.25) is 9.69 Å². The van der Waals surface area contributed by atoms with E-state index in [0.29, 0.717) is 39.3 Å². The van der Waals surface area contributed by atoms with Crippen LogP contribution in [-0.2, 0) is 29.0 Å². The normalized spacial score (nSPS) is 17.7. The lowest BCUT2D eigenvalue weighted by atomic mass is 10.0. The number of ether oxygens (including phenoxy) is 2. The second kappa shape index (κ2) is 9.07. The highest BCUT2D eigenvalue weighted by atomic mass is 32.1. The van der Waals surface area contributed by atoms with Crippen LogP contribution >= 0.6 is 11.3 Å². The molecule has 1 aromatic heterocycles. The van der Waals surface area contributed by atoms with Crippen LogP contribution in [0.3, 0.4) is 0 Å². The molecule has 2 aliphatic rings. The SMILES string of the molecule is Cc1ccsc1CN1CCOc2ccc(CCC(=O)N3CCOCC3)cc2C1. The summed E-state index contributed by atoms with van der Waals surface area (Å²) in [6.45, 7) is 8.41. The number of carbonyl (C=O) groups is 1. The zero-order valence-corrected chi connectivity index (χ0v) is 17.3. The molecule has 2 aromatic rings. The lowest BCUT2D eigenvalue weighted by Gasteiger charge is -2.26. The van der Waals surface area contributed by atoms with E-state index in [1.54, 1.807) is 0 Å². The summed E-state index contributed by atoms with van der Waals surface area (Å²) in [6, 6.07) is 8.58. The van der Waals surface area contributed by atoms with Crippen LogP contribution in [-0.4, -0.2) is 55.2 Å². The van der Waals surface area contributed by atoms with Crippen LogP contribution in [0.5, 0.6) is 5.75 Å². The second-order valence-corrected chi connectivity index (χ2v) is 8.52. The van der Waals surface area contributed by atoms with Crippen molar-refractivity contribution in [2.45, 2.75) is 32.9 Å². The number of benzene rings is 1. The lowest BCUT2D eigenvalue weighted by Crippen LogP contribution is -2.40. The number of fused-ring (bicyclic) bond motifs is 1. The van der Waals surface area contributed by atoms with Gasteiger partial charge in [0.05, 0.1) is 13.2 Å². The third-order valence-corrected chi connectivity index (χ3v) is 6.52. The van der Waals surface area contributed by atoms with Crippen LogP contribution in [0.1, 0.15) is 28.0 Å². The van der Waals surface area contributed by atoms with E-state index in [-0.39, 0.29) is 5.91 Å². The van der Waals surface area contributed by atoms with Crippen molar-refractivity contribution in [2.24, 2.45) is 0 Å². The molecular formula is C22H28N2O3S. The Morgan fingerprint density at radius 1 is 1.14 bits per heavy atom. The summed E-state index contributed by atoms with van der Waals surface area (Å²) >= 11 is 1.83. The Kier molecular flexibility index (Phi) is 6.29. The summed E-state index contributed by atoms with van der Waals surface area (Å²) < 4.78 is 11.3. The van der Waals surface area contributed by atoms with Crippen molar-refractivity contribution in [3.8, 4) is 5.75 Å². The molecular weight excluding hydrogens is 372 g/mol. The fourth-order valence-electron chi connectivity index (χ4n) is 3.78. The standard InChI is InChI=1S/C22H28N2O3S/c1-17-6-13-28-21(17)16-23-7-12-27-20-4-2-18(14-19(20)15-23)3-5-22(25)24-8-10-26-11-9-24/h2,4,6,13-14H,3,5,7-12,15-16H2,1H3. The summed E-state index contributed by atoms with van der Waals surface area (Å²) in [5.41, 5.74) is 3.80. The highest BCUT2D eigenvalue weighted by molar-refractivity contribution is 7.10. The van der Waals surface area contributed by atoms with E-state index < -0.39 is 0 Å². The Morgan fingerprint density at radius 2 is 2.00 bits per heavy atom. The monoisotopic (exact) mass is 400 g/mol. The van der Waals surface area contributed by atoms with Gasteiger partial charge in [-0.25, -0.2) is 0 Å². The van der Waals surface area contributed by atoms with Crippen LogP contribution in [0.4, 0.5) is 0 Å². The number of carbonyl (C=O) groups excluding carboxylic acids is 1. The molecule has 0 radical (unpaired) electrons. The number of hydrogen-bond donors (Lipinski definition) is 0. The van der Waals surface area contributed by atoms with E-state index >= 15 is 0 Å². The zero-order valence-electron chi connectivity index (χ0n) is 16.5. The number of thiophene rings is 1. The van der Waals surface area contributed by atoms with Gasteiger partial charge in [0.15, 0.2) is 0 Å². The molecule has 1 saturated heterocycles. The van der Waals surface area contributed by atoms with Gasteiger partial charge < -0.3 is 14.4 Å². The third-order valence-electron chi connectivity index (χ3n) is 5.51. The molecule has 1 aromatic carbocycles. The van der Waals surface area contributed by atoms with Gasteiger partial charge in [-0.1, -0.05) is 12.1 Å².